The van der Waals surface area contributed by atoms with Crippen molar-refractivity contribution in [3.63, 3.8) is 0 Å². The molecule has 0 radical (unpaired) electrons. The lowest BCUT2D eigenvalue weighted by molar-refractivity contribution is -0.142. The molecule has 6 nitrogen and oxygen atoms in total. The summed E-state index contributed by atoms with van der Waals surface area (Å²) in [6, 6.07) is -0.156. The highest BCUT2D eigenvalue weighted by molar-refractivity contribution is 5.77. The summed E-state index contributed by atoms with van der Waals surface area (Å²) in [7, 11) is 3.30. The van der Waals surface area contributed by atoms with Gasteiger partial charge in [0, 0.05) is 27.2 Å². The van der Waals surface area contributed by atoms with Crippen LogP contribution in [0.5, 0.6) is 0 Å². The zero-order valence-electron chi connectivity index (χ0n) is 11.4. The fourth-order valence-electron chi connectivity index (χ4n) is 2.21. The smallest absolute Gasteiger partial charge is 0.320 e. The molecule has 3 unspecified atom stereocenters. The first-order chi connectivity index (χ1) is 8.38. The van der Waals surface area contributed by atoms with Crippen molar-refractivity contribution >= 4 is 12.0 Å². The van der Waals surface area contributed by atoms with E-state index in [0.29, 0.717) is 19.7 Å². The quantitative estimate of drug-likeness (QED) is 0.807. The number of amides is 2. The van der Waals surface area contributed by atoms with Crippen molar-refractivity contribution in [2.24, 2.45) is 11.8 Å². The van der Waals surface area contributed by atoms with Crippen LogP contribution < -0.4 is 0 Å². The third kappa shape index (κ3) is 3.13. The van der Waals surface area contributed by atoms with E-state index in [1.807, 2.05) is 13.8 Å². The molecule has 3 atom stereocenters. The maximum Gasteiger partial charge on any atom is 0.320 e. The number of aliphatic carboxylic acids is 1. The summed E-state index contributed by atoms with van der Waals surface area (Å²) >= 11 is 0. The van der Waals surface area contributed by atoms with Gasteiger partial charge in [0.15, 0.2) is 0 Å². The van der Waals surface area contributed by atoms with Gasteiger partial charge in [0.1, 0.15) is 0 Å². The van der Waals surface area contributed by atoms with E-state index in [1.54, 1.807) is 24.0 Å². The van der Waals surface area contributed by atoms with Crippen molar-refractivity contribution in [2.75, 3.05) is 33.9 Å². The SMILES string of the molecule is COCC(C)N(C)C(=O)N1CC(C)C(C(=O)O)C1. The van der Waals surface area contributed by atoms with Gasteiger partial charge in [-0.1, -0.05) is 6.92 Å². The molecule has 6 heteroatoms. The molecule has 1 rings (SSSR count). The van der Waals surface area contributed by atoms with E-state index < -0.39 is 11.9 Å². The summed E-state index contributed by atoms with van der Waals surface area (Å²) in [6.45, 7) is 5.02. The Morgan fingerprint density at radius 2 is 2.11 bits per heavy atom. The number of nitrogens with zero attached hydrogens (tertiary/aromatic N) is 2. The van der Waals surface area contributed by atoms with Gasteiger partial charge in [-0.2, -0.15) is 0 Å². The maximum absolute atomic E-state index is 12.2. The second-order valence-corrected chi connectivity index (χ2v) is 5.02. The van der Waals surface area contributed by atoms with Crippen LogP contribution in [0.2, 0.25) is 0 Å². The summed E-state index contributed by atoms with van der Waals surface area (Å²) in [5.74, 6) is -1.29. The van der Waals surface area contributed by atoms with Crippen LogP contribution in [0.4, 0.5) is 4.79 Å². The lowest BCUT2D eigenvalue weighted by Gasteiger charge is -2.29. The second kappa shape index (κ2) is 6.04. The standard InChI is InChI=1S/C12H22N2O4/c1-8-5-14(6-10(8)11(15)16)12(17)13(3)9(2)7-18-4/h8-10H,5-7H2,1-4H3,(H,15,16). The summed E-state index contributed by atoms with van der Waals surface area (Å²) in [4.78, 5) is 26.4. The minimum absolute atomic E-state index is 0.00224. The number of likely N-dealkylation sites (tertiary alicyclic amines) is 1. The molecule has 0 aromatic carbocycles. The van der Waals surface area contributed by atoms with E-state index in [2.05, 4.69) is 0 Å². The number of carboxylic acid groups (broad SMARTS) is 1. The number of carbonyl (C=O) groups is 2. The van der Waals surface area contributed by atoms with Gasteiger partial charge < -0.3 is 19.6 Å². The van der Waals surface area contributed by atoms with Crippen molar-refractivity contribution in [3.8, 4) is 0 Å². The lowest BCUT2D eigenvalue weighted by Crippen LogP contribution is -2.45. The molecule has 2 amide bonds. The van der Waals surface area contributed by atoms with Gasteiger partial charge in [-0.15, -0.1) is 0 Å². The van der Waals surface area contributed by atoms with Crippen LogP contribution in [0.3, 0.4) is 0 Å². The first kappa shape index (κ1) is 14.8. The summed E-state index contributed by atoms with van der Waals surface area (Å²) in [5.41, 5.74) is 0. The highest BCUT2D eigenvalue weighted by Gasteiger charge is 2.38. The third-order valence-corrected chi connectivity index (χ3v) is 3.57. The number of carboxylic acids is 1. The van der Waals surface area contributed by atoms with E-state index in [1.165, 1.54) is 0 Å². The molecule has 0 saturated carbocycles. The summed E-state index contributed by atoms with van der Waals surface area (Å²) in [5, 5.41) is 9.04. The first-order valence-electron chi connectivity index (χ1n) is 6.12. The van der Waals surface area contributed by atoms with Crippen LogP contribution in [0.25, 0.3) is 0 Å². The van der Waals surface area contributed by atoms with Crippen molar-refractivity contribution in [2.45, 2.75) is 19.9 Å². The van der Waals surface area contributed by atoms with Crippen LogP contribution in [0.15, 0.2) is 0 Å². The van der Waals surface area contributed by atoms with Crippen LogP contribution in [-0.2, 0) is 9.53 Å². The average Bonchev–Trinajstić information content (AvgIpc) is 2.69. The van der Waals surface area contributed by atoms with Gasteiger partial charge in [-0.05, 0) is 12.8 Å². The molecule has 18 heavy (non-hydrogen) atoms. The van der Waals surface area contributed by atoms with Crippen molar-refractivity contribution < 1.29 is 19.4 Å². The number of hydrogen-bond donors (Lipinski definition) is 1. The largest absolute Gasteiger partial charge is 0.481 e. The first-order valence-corrected chi connectivity index (χ1v) is 6.12. The monoisotopic (exact) mass is 258 g/mol. The number of carbonyl (C=O) groups excluding carboxylic acids is 1. The Kier molecular flexibility index (Phi) is 4.95. The Morgan fingerprint density at radius 3 is 2.56 bits per heavy atom. The number of methoxy groups -OCH3 is 1. The van der Waals surface area contributed by atoms with Gasteiger partial charge in [0.25, 0.3) is 0 Å². The molecule has 1 saturated heterocycles. The molecular weight excluding hydrogens is 236 g/mol. The van der Waals surface area contributed by atoms with Gasteiger partial charge >= 0.3 is 12.0 Å². The number of likely N-dealkylation sites (N-methyl/N-ethyl adjacent to an activating group) is 1. The Hall–Kier alpha value is -1.30. The normalized spacial score (nSPS) is 25.0. The fourth-order valence-corrected chi connectivity index (χ4v) is 2.21. The van der Waals surface area contributed by atoms with E-state index in [4.69, 9.17) is 9.84 Å². The minimum Gasteiger partial charge on any atom is -0.481 e. The number of rotatable bonds is 4. The van der Waals surface area contributed by atoms with Gasteiger partial charge in [0.05, 0.1) is 18.6 Å². The predicted molar refractivity (Wildman–Crippen MR) is 66.4 cm³/mol. The molecule has 1 heterocycles. The molecule has 104 valence electrons. The average molecular weight is 258 g/mol. The zero-order chi connectivity index (χ0) is 13.9. The Labute approximate surface area is 107 Å². The number of urea groups is 1. The molecule has 0 aromatic heterocycles. The van der Waals surface area contributed by atoms with Crippen molar-refractivity contribution in [1.82, 2.24) is 9.80 Å². The van der Waals surface area contributed by atoms with Gasteiger partial charge in [-0.3, -0.25) is 4.79 Å². The van der Waals surface area contributed by atoms with Crippen LogP contribution in [0.1, 0.15) is 13.8 Å². The summed E-state index contributed by atoms with van der Waals surface area (Å²) in [6.07, 6.45) is 0. The maximum atomic E-state index is 12.2. The molecule has 0 aliphatic carbocycles. The Balaban J connectivity index is 2.61. The zero-order valence-corrected chi connectivity index (χ0v) is 11.4. The molecule has 0 aromatic rings. The molecular formula is C12H22N2O4. The van der Waals surface area contributed by atoms with Crippen LogP contribution in [0, 0.1) is 11.8 Å². The van der Waals surface area contributed by atoms with Crippen molar-refractivity contribution in [3.05, 3.63) is 0 Å². The molecule has 1 fully saturated rings. The Morgan fingerprint density at radius 1 is 1.50 bits per heavy atom. The van der Waals surface area contributed by atoms with E-state index >= 15 is 0 Å². The molecule has 0 spiro atoms. The van der Waals surface area contributed by atoms with Gasteiger partial charge in [0.2, 0.25) is 0 Å². The second-order valence-electron chi connectivity index (χ2n) is 5.02. The number of ether oxygens (including phenoxy) is 1. The van der Waals surface area contributed by atoms with Crippen molar-refractivity contribution in [1.29, 1.82) is 0 Å². The lowest BCUT2D eigenvalue weighted by atomic mass is 9.99. The third-order valence-electron chi connectivity index (χ3n) is 3.57. The molecule has 1 aliphatic heterocycles. The molecule has 0 bridgehead atoms. The van der Waals surface area contributed by atoms with E-state index in [0.717, 1.165) is 0 Å². The molecule has 1 aliphatic rings. The Bertz CT molecular complexity index is 321. The highest BCUT2D eigenvalue weighted by atomic mass is 16.5. The number of hydrogen-bond acceptors (Lipinski definition) is 3. The predicted octanol–water partition coefficient (Wildman–Crippen LogP) is 0.726. The highest BCUT2D eigenvalue weighted by Crippen LogP contribution is 2.24. The minimum atomic E-state index is -0.828. The van der Waals surface area contributed by atoms with Crippen LogP contribution >= 0.6 is 0 Å². The van der Waals surface area contributed by atoms with Crippen LogP contribution in [-0.4, -0.2) is 66.8 Å². The topological polar surface area (TPSA) is 70.1 Å². The van der Waals surface area contributed by atoms with Gasteiger partial charge in [-0.25, -0.2) is 4.79 Å². The summed E-state index contributed by atoms with van der Waals surface area (Å²) < 4.78 is 5.01. The van der Waals surface area contributed by atoms with E-state index in [9.17, 15) is 9.59 Å². The van der Waals surface area contributed by atoms with E-state index in [-0.39, 0.29) is 18.0 Å². The molecule has 1 N–H and O–H groups in total. The fraction of sp³-hybridized carbons (Fsp3) is 0.833.